The Balaban J connectivity index is 3.62. The highest BCUT2D eigenvalue weighted by molar-refractivity contribution is 7.80. The van der Waals surface area contributed by atoms with Crippen molar-refractivity contribution in [3.8, 4) is 0 Å². The van der Waals surface area contributed by atoms with E-state index >= 15 is 0 Å². The van der Waals surface area contributed by atoms with Crippen molar-refractivity contribution in [1.29, 1.82) is 0 Å². The second-order valence-corrected chi connectivity index (χ2v) is 2.34. The first-order valence-corrected chi connectivity index (χ1v) is 3.56. The zero-order valence-electron chi connectivity index (χ0n) is 5.74. The number of nitrogens with one attached hydrogen (secondary N) is 1. The van der Waals surface area contributed by atoms with Gasteiger partial charge in [-0.05, 0) is 6.92 Å². The first kappa shape index (κ1) is 9.74. The molecular weight excluding hydrogens is 152 g/mol. The molecule has 2 atom stereocenters. The van der Waals surface area contributed by atoms with Gasteiger partial charge in [0.15, 0.2) is 0 Å². The van der Waals surface area contributed by atoms with E-state index in [2.05, 4.69) is 17.9 Å². The smallest absolute Gasteiger partial charge is 0.239 e. The molecule has 1 unspecified atom stereocenters. The summed E-state index contributed by atoms with van der Waals surface area (Å²) in [6.07, 6.45) is -0.849. The highest BCUT2D eigenvalue weighted by Crippen LogP contribution is 1.83. The molecule has 0 heterocycles. The fraction of sp³-hybridized carbons (Fsp3) is 0.800. The third-order valence-electron chi connectivity index (χ3n) is 0.885. The minimum Gasteiger partial charge on any atom is -0.374 e. The Morgan fingerprint density at radius 1 is 1.90 bits per heavy atom. The van der Waals surface area contributed by atoms with E-state index in [-0.39, 0.29) is 11.7 Å². The number of hydrogen-bond acceptors (Lipinski definition) is 4. The molecule has 0 bridgehead atoms. The molecule has 0 rings (SSSR count). The van der Waals surface area contributed by atoms with Crippen LogP contribution in [-0.2, 0) is 4.79 Å². The van der Waals surface area contributed by atoms with Gasteiger partial charge in [-0.2, -0.15) is 12.6 Å². The van der Waals surface area contributed by atoms with Crippen molar-refractivity contribution in [3.63, 3.8) is 0 Å². The minimum absolute atomic E-state index is 0.276. The topological polar surface area (TPSA) is 75.3 Å². The zero-order valence-corrected chi connectivity index (χ0v) is 6.64. The van der Waals surface area contributed by atoms with Crippen LogP contribution in [0.5, 0.6) is 0 Å². The molecule has 0 aliphatic rings. The Morgan fingerprint density at radius 2 is 2.40 bits per heavy atom. The van der Waals surface area contributed by atoms with Crippen molar-refractivity contribution in [1.82, 2.24) is 5.32 Å². The highest BCUT2D eigenvalue weighted by Gasteiger charge is 2.11. The molecular formula is C5H12N2O2S. The lowest BCUT2D eigenvalue weighted by atomic mass is 10.3. The van der Waals surface area contributed by atoms with Gasteiger partial charge in [0.2, 0.25) is 5.91 Å². The molecule has 1 amide bonds. The summed E-state index contributed by atoms with van der Waals surface area (Å²) in [4.78, 5) is 10.7. The monoisotopic (exact) mass is 164 g/mol. The number of aliphatic hydroxyl groups is 1. The average Bonchev–Trinajstić information content (AvgIpc) is 1.85. The Hall–Kier alpha value is -0.260. The van der Waals surface area contributed by atoms with Crippen LogP contribution in [0.3, 0.4) is 0 Å². The maximum atomic E-state index is 10.7. The third kappa shape index (κ3) is 3.71. The van der Waals surface area contributed by atoms with Crippen molar-refractivity contribution in [3.05, 3.63) is 0 Å². The molecule has 60 valence electrons. The molecule has 0 aliphatic heterocycles. The normalized spacial score (nSPS) is 16.0. The lowest BCUT2D eigenvalue weighted by Crippen LogP contribution is -2.45. The molecule has 0 aromatic carbocycles. The number of carbonyl (C=O) groups is 1. The number of hydrogen-bond donors (Lipinski definition) is 4. The van der Waals surface area contributed by atoms with E-state index in [1.54, 1.807) is 0 Å². The van der Waals surface area contributed by atoms with E-state index < -0.39 is 12.3 Å². The maximum absolute atomic E-state index is 10.7. The predicted octanol–water partition coefficient (Wildman–Crippen LogP) is -1.30. The lowest BCUT2D eigenvalue weighted by molar-refractivity contribution is -0.124. The van der Waals surface area contributed by atoms with E-state index in [1.807, 2.05) is 0 Å². The summed E-state index contributed by atoms with van der Waals surface area (Å²) in [6.45, 7) is 1.45. The summed E-state index contributed by atoms with van der Waals surface area (Å²) >= 11 is 3.81. The molecule has 0 saturated heterocycles. The van der Waals surface area contributed by atoms with Crippen LogP contribution in [0, 0.1) is 0 Å². The zero-order chi connectivity index (χ0) is 8.15. The summed E-state index contributed by atoms with van der Waals surface area (Å²) < 4.78 is 0. The predicted molar refractivity (Wildman–Crippen MR) is 41.7 cm³/mol. The fourth-order valence-electron chi connectivity index (χ4n) is 0.396. The minimum atomic E-state index is -0.849. The standard InChI is InChI=1S/C5H12N2O2S/c1-3(8)7-5(9)4(6)2-10/h3-4,8,10H,2,6H2,1H3,(H,7,9)/t3?,4-/m0/s1. The van der Waals surface area contributed by atoms with Gasteiger partial charge in [-0.15, -0.1) is 0 Å². The molecule has 0 aliphatic carbocycles. The first-order valence-electron chi connectivity index (χ1n) is 2.92. The first-order chi connectivity index (χ1) is 4.57. The largest absolute Gasteiger partial charge is 0.374 e. The number of nitrogens with two attached hydrogens (primary N) is 1. The van der Waals surface area contributed by atoms with Gasteiger partial charge in [0, 0.05) is 5.75 Å². The van der Waals surface area contributed by atoms with E-state index in [0.717, 1.165) is 0 Å². The quantitative estimate of drug-likeness (QED) is 0.309. The van der Waals surface area contributed by atoms with Crippen molar-refractivity contribution >= 4 is 18.5 Å². The van der Waals surface area contributed by atoms with Crippen LogP contribution in [0.1, 0.15) is 6.92 Å². The van der Waals surface area contributed by atoms with Crippen LogP contribution in [0.4, 0.5) is 0 Å². The SMILES string of the molecule is CC(O)NC(=O)[C@@H](N)CS. The molecule has 0 spiro atoms. The van der Waals surface area contributed by atoms with E-state index in [4.69, 9.17) is 10.8 Å². The molecule has 0 aromatic rings. The average molecular weight is 164 g/mol. The molecule has 5 heteroatoms. The van der Waals surface area contributed by atoms with Gasteiger partial charge >= 0.3 is 0 Å². The summed E-state index contributed by atoms with van der Waals surface area (Å²) in [5.74, 6) is -0.108. The number of carbonyl (C=O) groups excluding carboxylic acids is 1. The Morgan fingerprint density at radius 3 is 2.70 bits per heavy atom. The van der Waals surface area contributed by atoms with Crippen LogP contribution in [0.2, 0.25) is 0 Å². The van der Waals surface area contributed by atoms with E-state index in [1.165, 1.54) is 6.92 Å². The number of rotatable bonds is 3. The molecule has 0 saturated carbocycles. The Labute approximate surface area is 65.2 Å². The van der Waals surface area contributed by atoms with Gasteiger partial charge in [0.1, 0.15) is 6.23 Å². The Bertz CT molecular complexity index is 118. The van der Waals surface area contributed by atoms with Crippen molar-refractivity contribution in [2.45, 2.75) is 19.2 Å². The van der Waals surface area contributed by atoms with Gasteiger partial charge in [-0.25, -0.2) is 0 Å². The van der Waals surface area contributed by atoms with E-state index in [9.17, 15) is 4.79 Å². The van der Waals surface area contributed by atoms with Gasteiger partial charge in [-0.1, -0.05) is 0 Å². The summed E-state index contributed by atoms with van der Waals surface area (Å²) in [5, 5.41) is 10.9. The maximum Gasteiger partial charge on any atom is 0.239 e. The molecule has 0 aromatic heterocycles. The summed E-state index contributed by atoms with van der Waals surface area (Å²) in [6, 6.07) is -0.641. The molecule has 4 nitrogen and oxygen atoms in total. The van der Waals surface area contributed by atoms with Crippen LogP contribution < -0.4 is 11.1 Å². The number of aliphatic hydroxyl groups excluding tert-OH is 1. The van der Waals surface area contributed by atoms with Crippen molar-refractivity contribution < 1.29 is 9.90 Å². The number of amides is 1. The molecule has 0 radical (unpaired) electrons. The number of thiol groups is 1. The summed E-state index contributed by atoms with van der Waals surface area (Å²) in [5.41, 5.74) is 5.27. The molecule has 10 heavy (non-hydrogen) atoms. The highest BCUT2D eigenvalue weighted by atomic mass is 32.1. The van der Waals surface area contributed by atoms with Crippen molar-refractivity contribution in [2.75, 3.05) is 5.75 Å². The second-order valence-electron chi connectivity index (χ2n) is 1.97. The second kappa shape index (κ2) is 4.54. The van der Waals surface area contributed by atoms with Crippen LogP contribution in [0.15, 0.2) is 0 Å². The third-order valence-corrected chi connectivity index (χ3v) is 1.28. The van der Waals surface area contributed by atoms with Crippen LogP contribution in [-0.4, -0.2) is 29.0 Å². The van der Waals surface area contributed by atoms with Gasteiger partial charge in [0.25, 0.3) is 0 Å². The van der Waals surface area contributed by atoms with Gasteiger partial charge in [-0.3, -0.25) is 4.79 Å². The van der Waals surface area contributed by atoms with Crippen molar-refractivity contribution in [2.24, 2.45) is 5.73 Å². The molecule has 4 N–H and O–H groups in total. The van der Waals surface area contributed by atoms with E-state index in [0.29, 0.717) is 0 Å². The molecule has 0 fully saturated rings. The van der Waals surface area contributed by atoms with Gasteiger partial charge in [0.05, 0.1) is 6.04 Å². The van der Waals surface area contributed by atoms with Crippen LogP contribution >= 0.6 is 12.6 Å². The Kier molecular flexibility index (Phi) is 4.42. The van der Waals surface area contributed by atoms with Crippen LogP contribution in [0.25, 0.3) is 0 Å². The summed E-state index contributed by atoms with van der Waals surface area (Å²) in [7, 11) is 0. The van der Waals surface area contributed by atoms with Gasteiger partial charge < -0.3 is 16.2 Å². The lowest BCUT2D eigenvalue weighted by Gasteiger charge is -2.10. The fourth-order valence-corrected chi connectivity index (χ4v) is 0.562.